The molecule has 1 amide bonds. The van der Waals surface area contributed by atoms with Crippen LogP contribution in [0.2, 0.25) is 5.15 Å². The van der Waals surface area contributed by atoms with Gasteiger partial charge in [0.2, 0.25) is 5.88 Å². The predicted molar refractivity (Wildman–Crippen MR) is 134 cm³/mol. The molecule has 2 aromatic heterocycles. The van der Waals surface area contributed by atoms with Crippen LogP contribution in [0.15, 0.2) is 24.4 Å². The largest absolute Gasteiger partial charge is 0.474 e. The van der Waals surface area contributed by atoms with Crippen molar-refractivity contribution in [3.05, 3.63) is 40.7 Å². The van der Waals surface area contributed by atoms with Crippen molar-refractivity contribution in [3.63, 3.8) is 0 Å². The number of likely N-dealkylation sites (tertiary alicyclic amines) is 1. The first kappa shape index (κ1) is 25.2. The van der Waals surface area contributed by atoms with Gasteiger partial charge >= 0.3 is 6.09 Å². The first-order valence-corrected chi connectivity index (χ1v) is 12.3. The molecule has 2 N–H and O–H groups in total. The Bertz CT molecular complexity index is 1060. The smallest absolute Gasteiger partial charge is 0.410 e. The average molecular weight is 502 g/mol. The molecule has 4 rings (SSSR count). The van der Waals surface area contributed by atoms with Crippen LogP contribution in [0.3, 0.4) is 0 Å². The Morgan fingerprint density at radius 1 is 1.11 bits per heavy atom. The van der Waals surface area contributed by atoms with Gasteiger partial charge in [0.1, 0.15) is 11.7 Å². The lowest BCUT2D eigenvalue weighted by Crippen LogP contribution is -2.46. The monoisotopic (exact) mass is 501 g/mol. The van der Waals surface area contributed by atoms with Crippen LogP contribution in [0, 0.1) is 0 Å². The number of nitrogens with zero attached hydrogens (tertiary/aromatic N) is 4. The van der Waals surface area contributed by atoms with E-state index in [1.54, 1.807) is 17.2 Å². The quantitative estimate of drug-likeness (QED) is 0.610. The van der Waals surface area contributed by atoms with Gasteiger partial charge in [-0.1, -0.05) is 23.8 Å². The number of carbonyl (C=O) groups excluding carboxylic acids is 1. The van der Waals surface area contributed by atoms with E-state index in [-0.39, 0.29) is 29.6 Å². The molecule has 10 heteroatoms. The van der Waals surface area contributed by atoms with Gasteiger partial charge in [-0.2, -0.15) is 0 Å². The first-order valence-electron chi connectivity index (χ1n) is 11.9. The number of carbonyl (C=O) groups is 1. The molecule has 0 spiro atoms. The molecule has 1 aliphatic carbocycles. The summed E-state index contributed by atoms with van der Waals surface area (Å²) in [5, 5.41) is 7.81. The van der Waals surface area contributed by atoms with Crippen molar-refractivity contribution in [2.75, 3.05) is 18.8 Å². The first-order chi connectivity index (χ1) is 16.6. The van der Waals surface area contributed by atoms with Gasteiger partial charge in [0.05, 0.1) is 12.2 Å². The summed E-state index contributed by atoms with van der Waals surface area (Å²) in [4.78, 5) is 18.3. The van der Waals surface area contributed by atoms with Crippen LogP contribution in [0.25, 0.3) is 12.2 Å². The van der Waals surface area contributed by atoms with E-state index < -0.39 is 5.60 Å². The lowest BCUT2D eigenvalue weighted by molar-refractivity contribution is -0.110. The molecule has 3 heterocycles. The molecule has 1 saturated carbocycles. The third-order valence-corrected chi connectivity index (χ3v) is 6.04. The number of aromatic nitrogens is 3. The number of anilines is 1. The highest BCUT2D eigenvalue weighted by atomic mass is 35.5. The molecule has 0 bridgehead atoms. The molecule has 35 heavy (non-hydrogen) atoms. The number of piperidine rings is 1. The second-order valence-corrected chi connectivity index (χ2v) is 10.3. The Balaban J connectivity index is 1.20. The molecule has 9 nitrogen and oxygen atoms in total. The van der Waals surface area contributed by atoms with E-state index >= 15 is 0 Å². The highest BCUT2D eigenvalue weighted by Gasteiger charge is 2.35. The van der Waals surface area contributed by atoms with Gasteiger partial charge in [-0.25, -0.2) is 9.78 Å². The third kappa shape index (κ3) is 7.29. The van der Waals surface area contributed by atoms with Crippen molar-refractivity contribution in [1.29, 1.82) is 0 Å². The number of nitrogens with two attached hydrogens (primary N) is 1. The molecule has 2 fully saturated rings. The highest BCUT2D eigenvalue weighted by molar-refractivity contribution is 6.29. The third-order valence-electron chi connectivity index (χ3n) is 5.86. The highest BCUT2D eigenvalue weighted by Crippen LogP contribution is 2.31. The van der Waals surface area contributed by atoms with Crippen molar-refractivity contribution in [2.45, 2.75) is 70.4 Å². The summed E-state index contributed by atoms with van der Waals surface area (Å²) in [6.45, 7) is 6.95. The minimum Gasteiger partial charge on any atom is -0.474 e. The Kier molecular flexibility index (Phi) is 7.76. The maximum atomic E-state index is 12.2. The van der Waals surface area contributed by atoms with Gasteiger partial charge in [-0.15, -0.1) is 10.2 Å². The van der Waals surface area contributed by atoms with Gasteiger partial charge in [0.15, 0.2) is 11.0 Å². The zero-order valence-electron chi connectivity index (χ0n) is 20.3. The maximum absolute atomic E-state index is 12.2. The van der Waals surface area contributed by atoms with Crippen LogP contribution in [0.4, 0.5) is 10.6 Å². The van der Waals surface area contributed by atoms with Crippen molar-refractivity contribution in [1.82, 2.24) is 20.1 Å². The molecule has 1 saturated heterocycles. The number of nitrogen functional groups attached to an aromatic ring is 1. The number of hydrogen-bond acceptors (Lipinski definition) is 8. The Morgan fingerprint density at radius 3 is 2.57 bits per heavy atom. The van der Waals surface area contributed by atoms with Crippen LogP contribution in [-0.4, -0.2) is 63.2 Å². The average Bonchev–Trinajstić information content (AvgIpc) is 2.78. The molecule has 188 valence electrons. The van der Waals surface area contributed by atoms with Crippen molar-refractivity contribution < 1.29 is 19.0 Å². The fraction of sp³-hybridized carbons (Fsp3) is 0.520. The van der Waals surface area contributed by atoms with E-state index in [0.29, 0.717) is 30.4 Å². The van der Waals surface area contributed by atoms with Gasteiger partial charge in [0.25, 0.3) is 0 Å². The number of halogens is 1. The van der Waals surface area contributed by atoms with E-state index in [0.717, 1.165) is 31.2 Å². The summed E-state index contributed by atoms with van der Waals surface area (Å²) in [7, 11) is 0. The predicted octanol–water partition coefficient (Wildman–Crippen LogP) is 4.60. The summed E-state index contributed by atoms with van der Waals surface area (Å²) < 4.78 is 17.7. The number of hydrogen-bond donors (Lipinski definition) is 1. The molecule has 1 aliphatic heterocycles. The molecule has 0 radical (unpaired) electrons. The Morgan fingerprint density at radius 2 is 1.86 bits per heavy atom. The molecular formula is C25H32ClN5O4. The lowest BCUT2D eigenvalue weighted by Gasteiger charge is -2.39. The number of pyridine rings is 1. The zero-order chi connectivity index (χ0) is 25.0. The second-order valence-electron chi connectivity index (χ2n) is 9.90. The summed E-state index contributed by atoms with van der Waals surface area (Å²) in [6, 6.07) is 5.42. The minimum atomic E-state index is -0.477. The topological polar surface area (TPSA) is 113 Å². The van der Waals surface area contributed by atoms with Crippen LogP contribution in [-0.2, 0) is 9.47 Å². The standard InChI is InChI=1S/C25H32ClN5O4/c1-25(2,3)35-24(32)31-10-7-18(8-11-31)33-19-14-20(15-19)34-22-12-16(6-9-28-22)4-5-17-13-21(26)29-30-23(17)27/h4-6,9,12-13,18-20H,7-8,10-11,14-15H2,1-3H3,(H2,27,30)/b5-4+/t19-,20-. The van der Waals surface area contributed by atoms with E-state index in [9.17, 15) is 4.79 Å². The normalized spacial score (nSPS) is 21.1. The Labute approximate surface area is 210 Å². The SMILES string of the molecule is CC(C)(C)OC(=O)N1CCC(O[C@H]2C[C@H](Oc3cc(/C=C/c4cc(Cl)nnc4N)ccn3)C2)CC1. The number of rotatable bonds is 6. The van der Waals surface area contributed by atoms with Crippen molar-refractivity contribution >= 4 is 35.7 Å². The fourth-order valence-electron chi connectivity index (χ4n) is 3.97. The zero-order valence-corrected chi connectivity index (χ0v) is 21.1. The van der Waals surface area contributed by atoms with E-state index in [1.165, 1.54) is 0 Å². The lowest BCUT2D eigenvalue weighted by atomic mass is 9.91. The summed E-state index contributed by atoms with van der Waals surface area (Å²) in [5.74, 6) is 0.882. The number of amides is 1. The van der Waals surface area contributed by atoms with Gasteiger partial charge in [0, 0.05) is 43.8 Å². The summed E-state index contributed by atoms with van der Waals surface area (Å²) >= 11 is 5.89. The van der Waals surface area contributed by atoms with Crippen LogP contribution < -0.4 is 10.5 Å². The molecule has 0 unspecified atom stereocenters. The van der Waals surface area contributed by atoms with E-state index in [1.807, 2.05) is 45.1 Å². The second kappa shape index (κ2) is 10.8. The van der Waals surface area contributed by atoms with E-state index in [4.69, 9.17) is 31.5 Å². The van der Waals surface area contributed by atoms with Gasteiger partial charge < -0.3 is 24.8 Å². The summed E-state index contributed by atoms with van der Waals surface area (Å²) in [5.41, 5.74) is 6.98. The van der Waals surface area contributed by atoms with Crippen LogP contribution in [0.1, 0.15) is 57.6 Å². The maximum Gasteiger partial charge on any atom is 0.410 e. The van der Waals surface area contributed by atoms with Gasteiger partial charge in [-0.05, 0) is 51.3 Å². The minimum absolute atomic E-state index is 0.0763. The molecule has 0 aromatic carbocycles. The van der Waals surface area contributed by atoms with Crippen LogP contribution >= 0.6 is 11.6 Å². The van der Waals surface area contributed by atoms with E-state index in [2.05, 4.69) is 15.2 Å². The molecular weight excluding hydrogens is 470 g/mol. The van der Waals surface area contributed by atoms with Gasteiger partial charge in [-0.3, -0.25) is 0 Å². The Hall–Kier alpha value is -2.91. The van der Waals surface area contributed by atoms with Crippen LogP contribution in [0.5, 0.6) is 5.88 Å². The fourth-order valence-corrected chi connectivity index (χ4v) is 4.13. The molecule has 2 aliphatic rings. The molecule has 0 atom stereocenters. The molecule has 2 aromatic rings. The number of ether oxygens (including phenoxy) is 3. The van der Waals surface area contributed by atoms with Crippen molar-refractivity contribution in [2.24, 2.45) is 0 Å². The van der Waals surface area contributed by atoms with Crippen molar-refractivity contribution in [3.8, 4) is 5.88 Å². The summed E-state index contributed by atoms with van der Waals surface area (Å²) in [6.07, 6.45) is 8.89.